The van der Waals surface area contributed by atoms with Gasteiger partial charge in [0.2, 0.25) is 5.95 Å². The molecule has 106 valence electrons. The van der Waals surface area contributed by atoms with E-state index in [1.54, 1.807) is 7.11 Å². The standard InChI is InChI=1S/C15H20N4O/c1-4-7-16-14-12-10-11(2)5-6-13(12)18-15(19-14)17-8-9-20-3/h4-6,10H,1,7-9H2,2-3H3,(H2,16,17,18,19). The third kappa shape index (κ3) is 3.45. The predicted molar refractivity (Wildman–Crippen MR) is 83.3 cm³/mol. The van der Waals surface area contributed by atoms with Crippen LogP contribution in [0.4, 0.5) is 11.8 Å². The number of nitrogens with one attached hydrogen (secondary N) is 2. The monoisotopic (exact) mass is 272 g/mol. The minimum absolute atomic E-state index is 0.602. The van der Waals surface area contributed by atoms with Crippen LogP contribution >= 0.6 is 0 Å². The highest BCUT2D eigenvalue weighted by atomic mass is 16.5. The van der Waals surface area contributed by atoms with Gasteiger partial charge in [-0.15, -0.1) is 6.58 Å². The summed E-state index contributed by atoms with van der Waals surface area (Å²) in [5.74, 6) is 1.42. The molecule has 2 rings (SSSR count). The topological polar surface area (TPSA) is 59.1 Å². The van der Waals surface area contributed by atoms with Crippen molar-refractivity contribution < 1.29 is 4.74 Å². The predicted octanol–water partition coefficient (Wildman–Crippen LogP) is 2.59. The maximum Gasteiger partial charge on any atom is 0.225 e. The Bertz CT molecular complexity index is 598. The minimum atomic E-state index is 0.602. The van der Waals surface area contributed by atoms with Crippen molar-refractivity contribution in [3.63, 3.8) is 0 Å². The zero-order valence-corrected chi connectivity index (χ0v) is 11.9. The second-order valence-electron chi connectivity index (χ2n) is 4.51. The Kier molecular flexibility index (Phi) is 4.90. The van der Waals surface area contributed by atoms with E-state index in [9.17, 15) is 0 Å². The highest BCUT2D eigenvalue weighted by Crippen LogP contribution is 2.23. The maximum atomic E-state index is 5.01. The quantitative estimate of drug-likeness (QED) is 0.599. The van der Waals surface area contributed by atoms with Gasteiger partial charge in [0.25, 0.3) is 0 Å². The highest BCUT2D eigenvalue weighted by molar-refractivity contribution is 5.90. The molecule has 0 fully saturated rings. The molecule has 0 saturated carbocycles. The number of benzene rings is 1. The molecule has 0 spiro atoms. The number of aryl methyl sites for hydroxylation is 1. The first-order valence-electron chi connectivity index (χ1n) is 6.60. The van der Waals surface area contributed by atoms with E-state index < -0.39 is 0 Å². The zero-order valence-electron chi connectivity index (χ0n) is 11.9. The van der Waals surface area contributed by atoms with Crippen molar-refractivity contribution in [1.82, 2.24) is 9.97 Å². The van der Waals surface area contributed by atoms with Gasteiger partial charge >= 0.3 is 0 Å². The number of aromatic nitrogens is 2. The summed E-state index contributed by atoms with van der Waals surface area (Å²) >= 11 is 0. The average Bonchev–Trinajstić information content (AvgIpc) is 2.45. The SMILES string of the molecule is C=CCNc1nc(NCCOC)nc2ccc(C)cc12. The molecular formula is C15H20N4O. The molecule has 0 atom stereocenters. The third-order valence-electron chi connectivity index (χ3n) is 2.85. The number of ether oxygens (including phenoxy) is 1. The first-order chi connectivity index (χ1) is 9.74. The van der Waals surface area contributed by atoms with Gasteiger partial charge in [0, 0.05) is 25.6 Å². The van der Waals surface area contributed by atoms with Crippen molar-refractivity contribution in [1.29, 1.82) is 0 Å². The van der Waals surface area contributed by atoms with Crippen LogP contribution < -0.4 is 10.6 Å². The first-order valence-corrected chi connectivity index (χ1v) is 6.60. The van der Waals surface area contributed by atoms with Crippen LogP contribution in [0.15, 0.2) is 30.9 Å². The second kappa shape index (κ2) is 6.86. The zero-order chi connectivity index (χ0) is 14.4. The van der Waals surface area contributed by atoms with Crippen molar-refractivity contribution in [2.75, 3.05) is 37.4 Å². The van der Waals surface area contributed by atoms with Crippen LogP contribution in [-0.4, -0.2) is 36.8 Å². The van der Waals surface area contributed by atoms with Gasteiger partial charge in [0.15, 0.2) is 0 Å². The molecule has 0 aliphatic carbocycles. The summed E-state index contributed by atoms with van der Waals surface area (Å²) in [4.78, 5) is 9.03. The second-order valence-corrected chi connectivity index (χ2v) is 4.51. The Morgan fingerprint density at radius 1 is 1.30 bits per heavy atom. The van der Waals surface area contributed by atoms with Gasteiger partial charge in [-0.25, -0.2) is 4.98 Å². The van der Waals surface area contributed by atoms with Crippen molar-refractivity contribution >= 4 is 22.7 Å². The number of hydrogen-bond acceptors (Lipinski definition) is 5. The van der Waals surface area contributed by atoms with Gasteiger partial charge in [-0.2, -0.15) is 4.98 Å². The molecule has 0 saturated heterocycles. The van der Waals surface area contributed by atoms with E-state index in [2.05, 4.69) is 40.2 Å². The molecular weight excluding hydrogens is 252 g/mol. The molecule has 0 amide bonds. The fourth-order valence-electron chi connectivity index (χ4n) is 1.89. The average molecular weight is 272 g/mol. The molecule has 1 aromatic carbocycles. The van der Waals surface area contributed by atoms with E-state index in [1.165, 1.54) is 5.56 Å². The van der Waals surface area contributed by atoms with Gasteiger partial charge in [0.1, 0.15) is 5.82 Å². The first kappa shape index (κ1) is 14.3. The van der Waals surface area contributed by atoms with Crippen molar-refractivity contribution in [3.05, 3.63) is 36.4 Å². The number of fused-ring (bicyclic) bond motifs is 1. The van der Waals surface area contributed by atoms with Gasteiger partial charge < -0.3 is 15.4 Å². The number of hydrogen-bond donors (Lipinski definition) is 2. The van der Waals surface area contributed by atoms with E-state index in [0.717, 1.165) is 16.7 Å². The van der Waals surface area contributed by atoms with Gasteiger partial charge in [-0.3, -0.25) is 0 Å². The van der Waals surface area contributed by atoms with E-state index in [0.29, 0.717) is 25.6 Å². The fourth-order valence-corrected chi connectivity index (χ4v) is 1.89. The molecule has 0 radical (unpaired) electrons. The smallest absolute Gasteiger partial charge is 0.225 e. The Hall–Kier alpha value is -2.14. The molecule has 0 bridgehead atoms. The number of methoxy groups -OCH3 is 1. The lowest BCUT2D eigenvalue weighted by atomic mass is 10.1. The Morgan fingerprint density at radius 3 is 2.90 bits per heavy atom. The van der Waals surface area contributed by atoms with Gasteiger partial charge in [-0.05, 0) is 19.1 Å². The summed E-state index contributed by atoms with van der Waals surface area (Å²) in [6, 6.07) is 6.14. The van der Waals surface area contributed by atoms with Crippen LogP contribution in [0.5, 0.6) is 0 Å². The maximum absolute atomic E-state index is 5.01. The Balaban J connectivity index is 2.35. The van der Waals surface area contributed by atoms with E-state index in [4.69, 9.17) is 4.74 Å². The van der Waals surface area contributed by atoms with Crippen LogP contribution in [0, 0.1) is 6.92 Å². The van der Waals surface area contributed by atoms with E-state index in [-0.39, 0.29) is 0 Å². The summed E-state index contributed by atoms with van der Waals surface area (Å²) in [5.41, 5.74) is 2.10. The molecule has 0 aliphatic rings. The lowest BCUT2D eigenvalue weighted by molar-refractivity contribution is 0.210. The van der Waals surface area contributed by atoms with Crippen LogP contribution in [0.3, 0.4) is 0 Å². The van der Waals surface area contributed by atoms with Crippen LogP contribution in [-0.2, 0) is 4.74 Å². The van der Waals surface area contributed by atoms with Crippen LogP contribution in [0.25, 0.3) is 10.9 Å². The highest BCUT2D eigenvalue weighted by Gasteiger charge is 2.07. The molecule has 0 unspecified atom stereocenters. The number of rotatable bonds is 7. The van der Waals surface area contributed by atoms with Gasteiger partial charge in [0.05, 0.1) is 12.1 Å². The van der Waals surface area contributed by atoms with Crippen LogP contribution in [0.1, 0.15) is 5.56 Å². The largest absolute Gasteiger partial charge is 0.383 e. The van der Waals surface area contributed by atoms with E-state index >= 15 is 0 Å². The van der Waals surface area contributed by atoms with Crippen molar-refractivity contribution in [2.24, 2.45) is 0 Å². The fraction of sp³-hybridized carbons (Fsp3) is 0.333. The molecule has 5 heteroatoms. The van der Waals surface area contributed by atoms with E-state index in [1.807, 2.05) is 18.2 Å². The van der Waals surface area contributed by atoms with Crippen molar-refractivity contribution in [2.45, 2.75) is 6.92 Å². The normalized spacial score (nSPS) is 10.5. The summed E-state index contributed by atoms with van der Waals surface area (Å²) in [6.07, 6.45) is 1.81. The molecule has 2 N–H and O–H groups in total. The summed E-state index contributed by atoms with van der Waals surface area (Å²) in [6.45, 7) is 7.73. The Labute approximate surface area is 119 Å². The Morgan fingerprint density at radius 2 is 2.15 bits per heavy atom. The molecule has 1 heterocycles. The molecule has 2 aromatic rings. The third-order valence-corrected chi connectivity index (χ3v) is 2.85. The van der Waals surface area contributed by atoms with Crippen LogP contribution in [0.2, 0.25) is 0 Å². The lowest BCUT2D eigenvalue weighted by Gasteiger charge is -2.11. The summed E-state index contributed by atoms with van der Waals surface area (Å²) in [5, 5.41) is 7.43. The molecule has 5 nitrogen and oxygen atoms in total. The summed E-state index contributed by atoms with van der Waals surface area (Å²) < 4.78 is 5.01. The molecule has 1 aromatic heterocycles. The summed E-state index contributed by atoms with van der Waals surface area (Å²) in [7, 11) is 1.67. The minimum Gasteiger partial charge on any atom is -0.383 e. The van der Waals surface area contributed by atoms with Crippen molar-refractivity contribution in [3.8, 4) is 0 Å². The molecule has 20 heavy (non-hydrogen) atoms. The van der Waals surface area contributed by atoms with Gasteiger partial charge in [-0.1, -0.05) is 17.7 Å². The molecule has 0 aliphatic heterocycles. The lowest BCUT2D eigenvalue weighted by Crippen LogP contribution is -2.12. The number of anilines is 2. The number of nitrogens with zero attached hydrogens (tertiary/aromatic N) is 2.